The second-order valence-corrected chi connectivity index (χ2v) is 8.34. The summed E-state index contributed by atoms with van der Waals surface area (Å²) in [6, 6.07) is 16.7. The highest BCUT2D eigenvalue weighted by Gasteiger charge is 2.19. The van der Waals surface area contributed by atoms with Crippen LogP contribution in [0.2, 0.25) is 0 Å². The maximum Gasteiger partial charge on any atom is 0.123 e. The van der Waals surface area contributed by atoms with Gasteiger partial charge in [0.25, 0.3) is 0 Å². The van der Waals surface area contributed by atoms with Crippen molar-refractivity contribution in [3.63, 3.8) is 0 Å². The van der Waals surface area contributed by atoms with Crippen LogP contribution in [0.1, 0.15) is 23.1 Å². The Labute approximate surface area is 173 Å². The largest absolute Gasteiger partial charge is 0.491 e. The Morgan fingerprint density at radius 2 is 1.93 bits per heavy atom. The second kappa shape index (κ2) is 11.5. The Balaban J connectivity index is 1.44. The molecular weight excluding hydrogens is 368 g/mol. The Kier molecular flexibility index (Phi) is 8.68. The molecule has 0 radical (unpaired) electrons. The summed E-state index contributed by atoms with van der Waals surface area (Å²) >= 11 is 1.88. The summed E-state index contributed by atoms with van der Waals surface area (Å²) in [6.07, 6.45) is 3.86. The summed E-state index contributed by atoms with van der Waals surface area (Å²) in [5, 5.41) is 14.0. The Morgan fingerprint density at radius 1 is 1.14 bits per heavy atom. The first-order chi connectivity index (χ1) is 13.8. The Bertz CT molecular complexity index is 725. The van der Waals surface area contributed by atoms with Gasteiger partial charge in [-0.2, -0.15) is 11.8 Å². The van der Waals surface area contributed by atoms with Crippen molar-refractivity contribution in [2.45, 2.75) is 32.0 Å². The molecule has 0 bridgehead atoms. The van der Waals surface area contributed by atoms with E-state index in [1.165, 1.54) is 23.3 Å². The lowest BCUT2D eigenvalue weighted by Gasteiger charge is -2.30. The van der Waals surface area contributed by atoms with Crippen LogP contribution in [0.3, 0.4) is 0 Å². The molecule has 28 heavy (non-hydrogen) atoms. The van der Waals surface area contributed by atoms with Gasteiger partial charge in [0.2, 0.25) is 0 Å². The predicted molar refractivity (Wildman–Crippen MR) is 118 cm³/mol. The first kappa shape index (κ1) is 21.2. The first-order valence-corrected chi connectivity index (χ1v) is 11.5. The van der Waals surface area contributed by atoms with E-state index < -0.39 is 6.10 Å². The van der Waals surface area contributed by atoms with Crippen LogP contribution in [0.15, 0.2) is 48.5 Å². The minimum Gasteiger partial charge on any atom is -0.491 e. The molecule has 1 aliphatic rings. The van der Waals surface area contributed by atoms with E-state index in [1.54, 1.807) is 0 Å². The van der Waals surface area contributed by atoms with Gasteiger partial charge in [-0.05, 0) is 48.6 Å². The van der Waals surface area contributed by atoms with Crippen LogP contribution in [0, 0.1) is 0 Å². The van der Waals surface area contributed by atoms with Crippen LogP contribution >= 0.6 is 11.8 Å². The van der Waals surface area contributed by atoms with Crippen LogP contribution in [0.4, 0.5) is 0 Å². The van der Waals surface area contributed by atoms with Gasteiger partial charge in [-0.25, -0.2) is 0 Å². The second-order valence-electron chi connectivity index (χ2n) is 7.35. The molecular formula is C23H32N2O2S. The zero-order chi connectivity index (χ0) is 19.6. The van der Waals surface area contributed by atoms with Crippen molar-refractivity contribution in [3.8, 4) is 5.75 Å². The molecule has 0 aliphatic carbocycles. The fourth-order valence-electron chi connectivity index (χ4n) is 3.60. The average Bonchev–Trinajstić information content (AvgIpc) is 2.73. The average molecular weight is 401 g/mol. The molecule has 0 unspecified atom stereocenters. The molecule has 4 nitrogen and oxygen atoms in total. The van der Waals surface area contributed by atoms with Gasteiger partial charge in [0.1, 0.15) is 18.5 Å². The molecule has 3 rings (SSSR count). The summed E-state index contributed by atoms with van der Waals surface area (Å²) in [5.74, 6) is 2.04. The lowest BCUT2D eigenvalue weighted by molar-refractivity contribution is 0.0634. The van der Waals surface area contributed by atoms with E-state index in [2.05, 4.69) is 46.8 Å². The summed E-state index contributed by atoms with van der Waals surface area (Å²) < 4.78 is 5.97. The minimum atomic E-state index is -0.493. The zero-order valence-electron chi connectivity index (χ0n) is 16.8. The molecule has 0 saturated carbocycles. The van der Waals surface area contributed by atoms with Gasteiger partial charge in [-0.1, -0.05) is 42.5 Å². The molecule has 0 spiro atoms. The van der Waals surface area contributed by atoms with Crippen LogP contribution in [-0.2, 0) is 19.5 Å². The standard InChI is InChI=1S/C23H32N2O2S/c1-28-14-6-12-24-15-20-8-4-5-10-23(20)27-18-22(26)17-25-13-11-19-7-2-3-9-21(19)16-25/h2-5,7-10,22,24,26H,6,11-18H2,1H3/t22-/m0/s1. The van der Waals surface area contributed by atoms with Gasteiger partial charge >= 0.3 is 0 Å². The number of fused-ring (bicyclic) bond motifs is 1. The normalized spacial score (nSPS) is 15.2. The Hall–Kier alpha value is -1.53. The minimum absolute atomic E-state index is 0.321. The molecule has 0 amide bonds. The summed E-state index contributed by atoms with van der Waals surface area (Å²) in [5.41, 5.74) is 3.95. The number of nitrogens with zero attached hydrogens (tertiary/aromatic N) is 1. The van der Waals surface area contributed by atoms with E-state index in [9.17, 15) is 5.11 Å². The molecule has 0 aromatic heterocycles. The Morgan fingerprint density at radius 3 is 2.79 bits per heavy atom. The molecule has 2 N–H and O–H groups in total. The lowest BCUT2D eigenvalue weighted by Crippen LogP contribution is -2.38. The number of para-hydroxylation sites is 1. The highest BCUT2D eigenvalue weighted by Crippen LogP contribution is 2.20. The van der Waals surface area contributed by atoms with Crippen molar-refractivity contribution < 1.29 is 9.84 Å². The highest BCUT2D eigenvalue weighted by atomic mass is 32.2. The molecule has 5 heteroatoms. The van der Waals surface area contributed by atoms with Crippen molar-refractivity contribution in [3.05, 3.63) is 65.2 Å². The van der Waals surface area contributed by atoms with Gasteiger partial charge in [-0.15, -0.1) is 0 Å². The number of benzene rings is 2. The number of thioether (sulfide) groups is 1. The van der Waals surface area contributed by atoms with Crippen molar-refractivity contribution >= 4 is 11.8 Å². The fourth-order valence-corrected chi connectivity index (χ4v) is 4.03. The SMILES string of the molecule is CSCCCNCc1ccccc1OC[C@@H](O)CN1CCc2ccccc2C1. The molecule has 2 aromatic carbocycles. The van der Waals surface area contributed by atoms with Crippen LogP contribution in [-0.4, -0.2) is 54.4 Å². The third-order valence-corrected chi connectivity index (χ3v) is 5.80. The van der Waals surface area contributed by atoms with Crippen molar-refractivity contribution in [1.29, 1.82) is 0 Å². The smallest absolute Gasteiger partial charge is 0.123 e. The van der Waals surface area contributed by atoms with Crippen molar-refractivity contribution in [2.24, 2.45) is 0 Å². The third-order valence-electron chi connectivity index (χ3n) is 5.10. The molecule has 0 saturated heterocycles. The topological polar surface area (TPSA) is 44.7 Å². The molecule has 0 fully saturated rings. The summed E-state index contributed by atoms with van der Waals surface area (Å²) in [4.78, 5) is 2.32. The number of aliphatic hydroxyl groups is 1. The fraction of sp³-hybridized carbons (Fsp3) is 0.478. The van der Waals surface area contributed by atoms with Gasteiger partial charge in [0, 0.05) is 31.7 Å². The number of ether oxygens (including phenoxy) is 1. The van der Waals surface area contributed by atoms with Crippen LogP contribution in [0.25, 0.3) is 0 Å². The van der Waals surface area contributed by atoms with Crippen molar-refractivity contribution in [2.75, 3.05) is 38.2 Å². The van der Waals surface area contributed by atoms with Gasteiger partial charge in [-0.3, -0.25) is 4.90 Å². The van der Waals surface area contributed by atoms with Crippen LogP contribution < -0.4 is 10.1 Å². The zero-order valence-corrected chi connectivity index (χ0v) is 17.6. The van der Waals surface area contributed by atoms with E-state index in [0.29, 0.717) is 13.2 Å². The van der Waals surface area contributed by atoms with Gasteiger partial charge < -0.3 is 15.2 Å². The van der Waals surface area contributed by atoms with E-state index in [1.807, 2.05) is 30.0 Å². The quantitative estimate of drug-likeness (QED) is 0.567. The van der Waals surface area contributed by atoms with E-state index >= 15 is 0 Å². The monoisotopic (exact) mass is 400 g/mol. The molecule has 1 aliphatic heterocycles. The molecule has 152 valence electrons. The maximum atomic E-state index is 10.5. The number of hydrogen-bond acceptors (Lipinski definition) is 5. The summed E-state index contributed by atoms with van der Waals surface area (Å²) in [6.45, 7) is 4.66. The number of β-amino-alcohol motifs (C(OH)–C–C–N with tert-alkyl or cyclic N) is 1. The lowest BCUT2D eigenvalue weighted by atomic mass is 10.00. The molecule has 1 atom stereocenters. The summed E-state index contributed by atoms with van der Waals surface area (Å²) in [7, 11) is 0. The van der Waals surface area contributed by atoms with E-state index in [0.717, 1.165) is 43.9 Å². The number of rotatable bonds is 11. The first-order valence-electron chi connectivity index (χ1n) is 10.1. The maximum absolute atomic E-state index is 10.5. The predicted octanol–water partition coefficient (Wildman–Crippen LogP) is 3.33. The van der Waals surface area contributed by atoms with Crippen molar-refractivity contribution in [1.82, 2.24) is 10.2 Å². The van der Waals surface area contributed by atoms with Gasteiger partial charge in [0.05, 0.1) is 0 Å². The van der Waals surface area contributed by atoms with Crippen LogP contribution in [0.5, 0.6) is 5.75 Å². The number of hydrogen-bond donors (Lipinski definition) is 2. The highest BCUT2D eigenvalue weighted by molar-refractivity contribution is 7.98. The number of nitrogens with one attached hydrogen (secondary N) is 1. The molecule has 1 heterocycles. The van der Waals surface area contributed by atoms with E-state index in [-0.39, 0.29) is 0 Å². The van der Waals surface area contributed by atoms with E-state index in [4.69, 9.17) is 4.74 Å². The van der Waals surface area contributed by atoms with Gasteiger partial charge in [0.15, 0.2) is 0 Å². The molecule has 2 aromatic rings. The third kappa shape index (κ3) is 6.52. The number of aliphatic hydroxyl groups excluding tert-OH is 1.